The summed E-state index contributed by atoms with van der Waals surface area (Å²) in [5.74, 6) is 0.129. The van der Waals surface area contributed by atoms with Crippen LogP contribution < -0.4 is 4.90 Å². The molecule has 1 fully saturated rings. The number of quaternary nitrogens is 1. The van der Waals surface area contributed by atoms with Gasteiger partial charge >= 0.3 is 0 Å². The van der Waals surface area contributed by atoms with Gasteiger partial charge in [0.25, 0.3) is 5.91 Å². The third-order valence-corrected chi connectivity index (χ3v) is 6.39. The molecule has 2 aromatic carbocycles. The van der Waals surface area contributed by atoms with Crippen LogP contribution in [0.1, 0.15) is 28.5 Å². The van der Waals surface area contributed by atoms with Crippen LogP contribution in [0.2, 0.25) is 5.02 Å². The fraction of sp³-hybridized carbons (Fsp3) is 0.320. The molecule has 156 valence electrons. The zero-order valence-electron chi connectivity index (χ0n) is 17.9. The van der Waals surface area contributed by atoms with E-state index in [9.17, 15) is 4.79 Å². The van der Waals surface area contributed by atoms with E-state index in [1.165, 1.54) is 5.56 Å². The van der Waals surface area contributed by atoms with Crippen LogP contribution in [0.15, 0.2) is 54.6 Å². The van der Waals surface area contributed by atoms with Gasteiger partial charge in [0, 0.05) is 16.4 Å². The molecule has 1 N–H and O–H groups in total. The Morgan fingerprint density at radius 1 is 1.03 bits per heavy atom. The number of piperazine rings is 1. The standard InChI is InChI=1S/C25H28ClN3O/c1-4-27-12-14-28(15-13-27)25(30)23-17-24(20-8-10-21(26)11-9-20)29(19(23)3)22-7-5-6-18(2)16-22/h5-11,16-17H,4,12-15H2,1-3H3/p+1. The SMILES string of the molecule is CC[NH+]1CCN(C(=O)c2cc(-c3ccc(Cl)cc3)n(-c3cccc(C)c3)c2C)CC1. The van der Waals surface area contributed by atoms with Crippen LogP contribution in [0.5, 0.6) is 0 Å². The van der Waals surface area contributed by atoms with Crippen LogP contribution >= 0.6 is 11.6 Å². The Hall–Kier alpha value is -2.56. The molecule has 0 radical (unpaired) electrons. The number of amides is 1. The molecule has 3 aromatic rings. The Bertz CT molecular complexity index is 1050. The Morgan fingerprint density at radius 3 is 2.37 bits per heavy atom. The third kappa shape index (κ3) is 4.03. The van der Waals surface area contributed by atoms with E-state index in [-0.39, 0.29) is 5.91 Å². The van der Waals surface area contributed by atoms with Gasteiger partial charge < -0.3 is 14.4 Å². The van der Waals surface area contributed by atoms with Crippen LogP contribution in [0.4, 0.5) is 0 Å². The second-order valence-electron chi connectivity index (χ2n) is 8.11. The summed E-state index contributed by atoms with van der Waals surface area (Å²) in [4.78, 5) is 17.0. The summed E-state index contributed by atoms with van der Waals surface area (Å²) < 4.78 is 2.19. The molecule has 5 heteroatoms. The summed E-state index contributed by atoms with van der Waals surface area (Å²) in [6.07, 6.45) is 0. The number of halogens is 1. The first-order valence-electron chi connectivity index (χ1n) is 10.7. The minimum absolute atomic E-state index is 0.129. The van der Waals surface area contributed by atoms with Crippen molar-refractivity contribution < 1.29 is 9.69 Å². The molecule has 0 bridgehead atoms. The average molecular weight is 423 g/mol. The van der Waals surface area contributed by atoms with E-state index >= 15 is 0 Å². The van der Waals surface area contributed by atoms with Crippen molar-refractivity contribution in [2.75, 3.05) is 32.7 Å². The van der Waals surface area contributed by atoms with E-state index in [0.29, 0.717) is 5.02 Å². The number of aromatic nitrogens is 1. The molecule has 1 aromatic heterocycles. The van der Waals surface area contributed by atoms with Crippen LogP contribution in [0.25, 0.3) is 16.9 Å². The topological polar surface area (TPSA) is 29.7 Å². The summed E-state index contributed by atoms with van der Waals surface area (Å²) in [7, 11) is 0. The molecule has 0 aliphatic carbocycles. The van der Waals surface area contributed by atoms with Crippen LogP contribution in [0.3, 0.4) is 0 Å². The van der Waals surface area contributed by atoms with Gasteiger partial charge in [-0.3, -0.25) is 4.79 Å². The summed E-state index contributed by atoms with van der Waals surface area (Å²) in [6, 6.07) is 18.3. The summed E-state index contributed by atoms with van der Waals surface area (Å²) >= 11 is 6.12. The number of nitrogens with one attached hydrogen (secondary N) is 1. The molecule has 0 spiro atoms. The number of benzene rings is 2. The highest BCUT2D eigenvalue weighted by atomic mass is 35.5. The van der Waals surface area contributed by atoms with Gasteiger partial charge in [-0.15, -0.1) is 0 Å². The normalized spacial score (nSPS) is 14.9. The van der Waals surface area contributed by atoms with Gasteiger partial charge in [0.1, 0.15) is 0 Å². The molecule has 1 aliphatic heterocycles. The predicted octanol–water partition coefficient (Wildman–Crippen LogP) is 3.78. The lowest BCUT2D eigenvalue weighted by Gasteiger charge is -2.31. The third-order valence-electron chi connectivity index (χ3n) is 6.14. The van der Waals surface area contributed by atoms with E-state index in [0.717, 1.165) is 60.9 Å². The quantitative estimate of drug-likeness (QED) is 0.681. The molecular formula is C25H29ClN3O+. The Labute approximate surface area is 183 Å². The van der Waals surface area contributed by atoms with Gasteiger partial charge in [0.05, 0.1) is 44.0 Å². The molecule has 1 saturated heterocycles. The van der Waals surface area contributed by atoms with Crippen molar-refractivity contribution in [3.63, 3.8) is 0 Å². The lowest BCUT2D eigenvalue weighted by Crippen LogP contribution is -3.14. The molecule has 1 aliphatic rings. The van der Waals surface area contributed by atoms with E-state index in [4.69, 9.17) is 11.6 Å². The lowest BCUT2D eigenvalue weighted by atomic mass is 10.1. The number of hydrogen-bond acceptors (Lipinski definition) is 1. The molecular weight excluding hydrogens is 394 g/mol. The smallest absolute Gasteiger partial charge is 0.256 e. The minimum atomic E-state index is 0.129. The summed E-state index contributed by atoms with van der Waals surface area (Å²) in [5, 5.41) is 0.705. The van der Waals surface area contributed by atoms with Crippen molar-refractivity contribution in [3.05, 3.63) is 76.4 Å². The summed E-state index contributed by atoms with van der Waals surface area (Å²) in [5.41, 5.74) is 6.06. The maximum absolute atomic E-state index is 13.4. The number of nitrogens with zero attached hydrogens (tertiary/aromatic N) is 2. The van der Waals surface area contributed by atoms with Gasteiger partial charge in [-0.25, -0.2) is 0 Å². The Balaban J connectivity index is 1.78. The van der Waals surface area contributed by atoms with Gasteiger partial charge in [0.2, 0.25) is 0 Å². The second-order valence-corrected chi connectivity index (χ2v) is 8.54. The first-order valence-corrected chi connectivity index (χ1v) is 11.0. The predicted molar refractivity (Wildman–Crippen MR) is 123 cm³/mol. The second kappa shape index (κ2) is 8.66. The van der Waals surface area contributed by atoms with Crippen LogP contribution in [0, 0.1) is 13.8 Å². The Kier molecular flexibility index (Phi) is 5.98. The molecule has 2 heterocycles. The van der Waals surface area contributed by atoms with E-state index < -0.39 is 0 Å². The van der Waals surface area contributed by atoms with Crippen LogP contribution in [-0.4, -0.2) is 48.1 Å². The largest absolute Gasteiger partial charge is 0.332 e. The van der Waals surface area contributed by atoms with Crippen molar-refractivity contribution in [2.24, 2.45) is 0 Å². The highest BCUT2D eigenvalue weighted by Gasteiger charge is 2.27. The molecule has 4 rings (SSSR count). The highest BCUT2D eigenvalue weighted by Crippen LogP contribution is 2.31. The van der Waals surface area contributed by atoms with Crippen molar-refractivity contribution in [1.82, 2.24) is 9.47 Å². The first kappa shape index (κ1) is 20.7. The fourth-order valence-corrected chi connectivity index (χ4v) is 4.43. The van der Waals surface area contributed by atoms with E-state index in [2.05, 4.69) is 42.7 Å². The number of rotatable bonds is 4. The monoisotopic (exact) mass is 422 g/mol. The molecule has 0 atom stereocenters. The van der Waals surface area contributed by atoms with Crippen molar-refractivity contribution >= 4 is 17.5 Å². The molecule has 0 unspecified atom stereocenters. The van der Waals surface area contributed by atoms with Gasteiger partial charge in [0.15, 0.2) is 0 Å². The van der Waals surface area contributed by atoms with E-state index in [1.807, 2.05) is 42.2 Å². The number of aryl methyl sites for hydroxylation is 1. The lowest BCUT2D eigenvalue weighted by molar-refractivity contribution is -0.902. The summed E-state index contributed by atoms with van der Waals surface area (Å²) in [6.45, 7) is 11.1. The number of carbonyl (C=O) groups is 1. The fourth-order valence-electron chi connectivity index (χ4n) is 4.31. The highest BCUT2D eigenvalue weighted by molar-refractivity contribution is 6.30. The zero-order chi connectivity index (χ0) is 21.3. The van der Waals surface area contributed by atoms with Gasteiger partial charge in [-0.2, -0.15) is 0 Å². The number of likely N-dealkylation sites (N-methyl/N-ethyl adjacent to an activating group) is 1. The van der Waals surface area contributed by atoms with Crippen molar-refractivity contribution in [2.45, 2.75) is 20.8 Å². The minimum Gasteiger partial charge on any atom is -0.332 e. The molecule has 4 nitrogen and oxygen atoms in total. The van der Waals surface area contributed by atoms with Gasteiger partial charge in [-0.1, -0.05) is 35.9 Å². The van der Waals surface area contributed by atoms with Crippen molar-refractivity contribution in [3.8, 4) is 16.9 Å². The number of hydrogen-bond donors (Lipinski definition) is 1. The Morgan fingerprint density at radius 2 is 1.73 bits per heavy atom. The maximum atomic E-state index is 13.4. The molecule has 0 saturated carbocycles. The average Bonchev–Trinajstić information content (AvgIpc) is 3.11. The van der Waals surface area contributed by atoms with E-state index in [1.54, 1.807) is 4.90 Å². The maximum Gasteiger partial charge on any atom is 0.256 e. The van der Waals surface area contributed by atoms with Crippen molar-refractivity contribution in [1.29, 1.82) is 0 Å². The first-order chi connectivity index (χ1) is 14.5. The molecule has 30 heavy (non-hydrogen) atoms. The van der Waals surface area contributed by atoms with Crippen LogP contribution in [-0.2, 0) is 0 Å². The molecule has 1 amide bonds. The zero-order valence-corrected chi connectivity index (χ0v) is 18.7. The number of carbonyl (C=O) groups excluding carboxylic acids is 1. The van der Waals surface area contributed by atoms with Gasteiger partial charge in [-0.05, 0) is 62.2 Å².